The Morgan fingerprint density at radius 1 is 1.35 bits per heavy atom. The molecule has 106 valence electrons. The molecule has 0 aliphatic heterocycles. The average Bonchev–Trinajstić information content (AvgIpc) is 2.84. The van der Waals surface area contributed by atoms with Crippen LogP contribution in [0, 0.1) is 0 Å². The maximum Gasteiger partial charge on any atom is 0.446 e. The summed E-state index contributed by atoms with van der Waals surface area (Å²) in [6, 6.07) is 6.32. The molecule has 7 heteroatoms. The normalized spacial score (nSPS) is 11.3. The molecule has 0 fully saturated rings. The standard InChI is InChI=1S/C13H12F3N3S/c1-2-19-9-10(8-18-19)7-17-11-5-3-4-6-12(11)20-13(14,15)16/h2-6,8-9,17H,1,7H2. The summed E-state index contributed by atoms with van der Waals surface area (Å²) in [7, 11) is 0. The number of para-hydroxylation sites is 1. The molecule has 0 amide bonds. The number of hydrogen-bond acceptors (Lipinski definition) is 3. The average molecular weight is 299 g/mol. The highest BCUT2D eigenvalue weighted by molar-refractivity contribution is 8.00. The second-order valence-corrected chi connectivity index (χ2v) is 5.02. The third kappa shape index (κ3) is 4.06. The van der Waals surface area contributed by atoms with Crippen LogP contribution in [0.4, 0.5) is 18.9 Å². The number of nitrogens with one attached hydrogen (secondary N) is 1. The van der Waals surface area contributed by atoms with Crippen LogP contribution in [0.5, 0.6) is 0 Å². The zero-order valence-corrected chi connectivity index (χ0v) is 11.2. The summed E-state index contributed by atoms with van der Waals surface area (Å²) in [6.45, 7) is 3.96. The third-order valence-electron chi connectivity index (χ3n) is 2.44. The summed E-state index contributed by atoms with van der Waals surface area (Å²) in [5.74, 6) is 0. The van der Waals surface area contributed by atoms with Crippen molar-refractivity contribution in [3.63, 3.8) is 0 Å². The van der Waals surface area contributed by atoms with Gasteiger partial charge >= 0.3 is 5.51 Å². The fraction of sp³-hybridized carbons (Fsp3) is 0.154. The van der Waals surface area contributed by atoms with Crippen LogP contribution in [0.2, 0.25) is 0 Å². The molecule has 0 atom stereocenters. The number of nitrogens with zero attached hydrogens (tertiary/aromatic N) is 2. The van der Waals surface area contributed by atoms with Crippen molar-refractivity contribution >= 4 is 23.6 Å². The summed E-state index contributed by atoms with van der Waals surface area (Å²) in [5.41, 5.74) is -3.00. The number of rotatable bonds is 5. The minimum atomic E-state index is -4.30. The Labute approximate surface area is 118 Å². The molecule has 1 N–H and O–H groups in total. The van der Waals surface area contributed by atoms with Crippen LogP contribution in [0.1, 0.15) is 5.56 Å². The molecule has 0 aliphatic carbocycles. The van der Waals surface area contributed by atoms with Crippen LogP contribution in [-0.2, 0) is 6.54 Å². The third-order valence-corrected chi connectivity index (χ3v) is 3.25. The van der Waals surface area contributed by atoms with E-state index in [4.69, 9.17) is 0 Å². The van der Waals surface area contributed by atoms with Crippen LogP contribution in [0.15, 0.2) is 48.1 Å². The van der Waals surface area contributed by atoms with Crippen molar-refractivity contribution < 1.29 is 13.2 Å². The van der Waals surface area contributed by atoms with Gasteiger partial charge in [-0.25, -0.2) is 4.68 Å². The molecule has 2 rings (SSSR count). The second kappa shape index (κ2) is 6.04. The molecule has 0 unspecified atom stereocenters. The van der Waals surface area contributed by atoms with Crippen LogP contribution in [-0.4, -0.2) is 15.3 Å². The van der Waals surface area contributed by atoms with Gasteiger partial charge in [0, 0.05) is 35.1 Å². The van der Waals surface area contributed by atoms with Gasteiger partial charge in [0.15, 0.2) is 0 Å². The molecule has 0 radical (unpaired) electrons. The van der Waals surface area contributed by atoms with Gasteiger partial charge in [-0.15, -0.1) is 0 Å². The topological polar surface area (TPSA) is 29.9 Å². The highest BCUT2D eigenvalue weighted by Gasteiger charge is 2.30. The molecule has 2 aromatic rings. The van der Waals surface area contributed by atoms with Gasteiger partial charge in [-0.3, -0.25) is 0 Å². The number of benzene rings is 1. The Kier molecular flexibility index (Phi) is 4.39. The molecule has 20 heavy (non-hydrogen) atoms. The van der Waals surface area contributed by atoms with Gasteiger partial charge in [0.05, 0.1) is 6.20 Å². The summed E-state index contributed by atoms with van der Waals surface area (Å²) in [4.78, 5) is 0.149. The summed E-state index contributed by atoms with van der Waals surface area (Å²) in [6.07, 6.45) is 4.92. The first-order valence-electron chi connectivity index (χ1n) is 5.72. The highest BCUT2D eigenvalue weighted by atomic mass is 32.2. The maximum atomic E-state index is 12.4. The van der Waals surface area contributed by atoms with Crippen molar-refractivity contribution in [1.82, 2.24) is 9.78 Å². The van der Waals surface area contributed by atoms with E-state index in [1.807, 2.05) is 0 Å². The number of halogens is 3. The van der Waals surface area contributed by atoms with E-state index < -0.39 is 5.51 Å². The van der Waals surface area contributed by atoms with Crippen LogP contribution in [0.3, 0.4) is 0 Å². The molecular weight excluding hydrogens is 287 g/mol. The first-order chi connectivity index (χ1) is 9.48. The fourth-order valence-corrected chi connectivity index (χ4v) is 2.24. The van der Waals surface area contributed by atoms with Crippen LogP contribution < -0.4 is 5.32 Å². The van der Waals surface area contributed by atoms with E-state index in [0.717, 1.165) is 5.56 Å². The summed E-state index contributed by atoms with van der Waals surface area (Å²) in [5, 5.41) is 6.98. The van der Waals surface area contributed by atoms with Gasteiger partial charge in [-0.1, -0.05) is 18.7 Å². The minimum Gasteiger partial charge on any atom is -0.380 e. The lowest BCUT2D eigenvalue weighted by Crippen LogP contribution is -2.03. The van der Waals surface area contributed by atoms with Crippen molar-refractivity contribution in [1.29, 1.82) is 0 Å². The molecule has 0 bridgehead atoms. The molecule has 0 saturated carbocycles. The van der Waals surface area contributed by atoms with Crippen LogP contribution in [0.25, 0.3) is 6.20 Å². The van der Waals surface area contributed by atoms with Crippen molar-refractivity contribution in [2.24, 2.45) is 0 Å². The maximum absolute atomic E-state index is 12.4. The van der Waals surface area contributed by atoms with Crippen LogP contribution >= 0.6 is 11.8 Å². The predicted octanol–water partition coefficient (Wildman–Crippen LogP) is 4.21. The van der Waals surface area contributed by atoms with E-state index in [-0.39, 0.29) is 16.7 Å². The van der Waals surface area contributed by atoms with Gasteiger partial charge < -0.3 is 5.32 Å². The first-order valence-corrected chi connectivity index (χ1v) is 6.54. The van der Waals surface area contributed by atoms with Gasteiger partial charge in [0.25, 0.3) is 0 Å². The number of thioether (sulfide) groups is 1. The molecular formula is C13H12F3N3S. The smallest absolute Gasteiger partial charge is 0.380 e. The van der Waals surface area contributed by atoms with E-state index in [1.54, 1.807) is 30.6 Å². The summed E-state index contributed by atoms with van der Waals surface area (Å²) >= 11 is -0.127. The Morgan fingerprint density at radius 2 is 2.10 bits per heavy atom. The van der Waals surface area contributed by atoms with Gasteiger partial charge in [-0.2, -0.15) is 18.3 Å². The van der Waals surface area contributed by atoms with E-state index in [2.05, 4.69) is 17.0 Å². The Balaban J connectivity index is 2.07. The van der Waals surface area contributed by atoms with Crippen molar-refractivity contribution in [2.75, 3.05) is 5.32 Å². The van der Waals surface area contributed by atoms with Crippen molar-refractivity contribution in [3.05, 3.63) is 48.8 Å². The number of hydrogen-bond donors (Lipinski definition) is 1. The quantitative estimate of drug-likeness (QED) is 0.839. The number of alkyl halides is 3. The summed E-state index contributed by atoms with van der Waals surface area (Å²) < 4.78 is 38.9. The van der Waals surface area contributed by atoms with E-state index in [0.29, 0.717) is 12.2 Å². The number of anilines is 1. The second-order valence-electron chi connectivity index (χ2n) is 3.91. The lowest BCUT2D eigenvalue weighted by Gasteiger charge is -2.12. The lowest BCUT2D eigenvalue weighted by molar-refractivity contribution is -0.0327. The molecule has 0 spiro atoms. The minimum absolute atomic E-state index is 0.127. The predicted molar refractivity (Wildman–Crippen MR) is 74.3 cm³/mol. The number of aromatic nitrogens is 2. The highest BCUT2D eigenvalue weighted by Crippen LogP contribution is 2.40. The molecule has 1 heterocycles. The molecule has 1 aromatic carbocycles. The SMILES string of the molecule is C=Cn1cc(CNc2ccccc2SC(F)(F)F)cn1. The van der Waals surface area contributed by atoms with Gasteiger partial charge in [0.1, 0.15) is 0 Å². The monoisotopic (exact) mass is 299 g/mol. The first kappa shape index (κ1) is 14.5. The fourth-order valence-electron chi connectivity index (χ4n) is 1.59. The largest absolute Gasteiger partial charge is 0.446 e. The molecule has 3 nitrogen and oxygen atoms in total. The molecule has 1 aromatic heterocycles. The zero-order valence-electron chi connectivity index (χ0n) is 10.4. The lowest BCUT2D eigenvalue weighted by atomic mass is 10.3. The van der Waals surface area contributed by atoms with E-state index in [1.165, 1.54) is 16.9 Å². The van der Waals surface area contributed by atoms with Crippen molar-refractivity contribution in [2.45, 2.75) is 16.9 Å². The molecule has 0 saturated heterocycles. The van der Waals surface area contributed by atoms with Gasteiger partial charge in [-0.05, 0) is 23.9 Å². The Hall–Kier alpha value is -1.89. The van der Waals surface area contributed by atoms with Crippen molar-refractivity contribution in [3.8, 4) is 0 Å². The molecule has 0 aliphatic rings. The Bertz CT molecular complexity index is 593. The van der Waals surface area contributed by atoms with E-state index >= 15 is 0 Å². The zero-order chi connectivity index (χ0) is 14.6. The van der Waals surface area contributed by atoms with Gasteiger partial charge in [0.2, 0.25) is 0 Å². The Morgan fingerprint density at radius 3 is 2.75 bits per heavy atom. The van der Waals surface area contributed by atoms with E-state index in [9.17, 15) is 13.2 Å².